The van der Waals surface area contributed by atoms with Gasteiger partial charge >= 0.3 is 0 Å². The van der Waals surface area contributed by atoms with Crippen LogP contribution in [0.5, 0.6) is 0 Å². The van der Waals surface area contributed by atoms with Crippen LogP contribution < -0.4 is 5.73 Å². The molecule has 0 saturated heterocycles. The van der Waals surface area contributed by atoms with Gasteiger partial charge in [0, 0.05) is 11.1 Å². The van der Waals surface area contributed by atoms with Crippen molar-refractivity contribution in [2.45, 2.75) is 19.8 Å². The maximum Gasteiger partial charge on any atom is 0.149 e. The number of halogens is 2. The van der Waals surface area contributed by atoms with Crippen LogP contribution in [0.3, 0.4) is 0 Å². The highest BCUT2D eigenvalue weighted by Gasteiger charge is 2.18. The third-order valence-corrected chi connectivity index (χ3v) is 3.44. The van der Waals surface area contributed by atoms with Crippen LogP contribution in [0, 0.1) is 5.82 Å². The van der Waals surface area contributed by atoms with E-state index in [1.807, 2.05) is 19.9 Å². The van der Waals surface area contributed by atoms with Crippen molar-refractivity contribution in [2.24, 2.45) is 0 Å². The van der Waals surface area contributed by atoms with Crippen molar-refractivity contribution in [1.29, 1.82) is 0 Å². The third kappa shape index (κ3) is 2.07. The van der Waals surface area contributed by atoms with Crippen molar-refractivity contribution in [3.05, 3.63) is 34.1 Å². The first-order chi connectivity index (χ1) is 8.02. The number of nitrogens with one attached hydrogen (secondary N) is 1. The van der Waals surface area contributed by atoms with Crippen molar-refractivity contribution in [1.82, 2.24) is 10.2 Å². The lowest BCUT2D eigenvalue weighted by Crippen LogP contribution is -1.96. The first-order valence-corrected chi connectivity index (χ1v) is 6.09. The zero-order chi connectivity index (χ0) is 12.6. The predicted molar refractivity (Wildman–Crippen MR) is 70.2 cm³/mol. The first kappa shape index (κ1) is 12.1. The fraction of sp³-hybridized carbons (Fsp3) is 0.250. The Morgan fingerprint density at radius 3 is 2.76 bits per heavy atom. The summed E-state index contributed by atoms with van der Waals surface area (Å²) < 4.78 is 13.9. The number of benzene rings is 1. The Labute approximate surface area is 107 Å². The van der Waals surface area contributed by atoms with Gasteiger partial charge in [0.05, 0.1) is 10.2 Å². The lowest BCUT2D eigenvalue weighted by molar-refractivity contribution is 0.621. The van der Waals surface area contributed by atoms with Crippen molar-refractivity contribution in [2.75, 3.05) is 5.73 Å². The van der Waals surface area contributed by atoms with E-state index in [9.17, 15) is 4.39 Å². The van der Waals surface area contributed by atoms with Gasteiger partial charge in [-0.05, 0) is 27.9 Å². The van der Waals surface area contributed by atoms with Crippen LogP contribution in [-0.4, -0.2) is 10.2 Å². The molecule has 0 atom stereocenters. The van der Waals surface area contributed by atoms with Crippen LogP contribution in [0.15, 0.2) is 22.7 Å². The molecule has 1 aromatic heterocycles. The van der Waals surface area contributed by atoms with Gasteiger partial charge in [0.2, 0.25) is 0 Å². The average Bonchev–Trinajstić information content (AvgIpc) is 2.64. The van der Waals surface area contributed by atoms with E-state index < -0.39 is 0 Å². The van der Waals surface area contributed by atoms with Crippen molar-refractivity contribution in [3.8, 4) is 11.3 Å². The zero-order valence-corrected chi connectivity index (χ0v) is 11.2. The molecule has 17 heavy (non-hydrogen) atoms. The number of aromatic nitrogens is 2. The summed E-state index contributed by atoms with van der Waals surface area (Å²) in [5, 5.41) is 6.86. The molecule has 90 valence electrons. The Morgan fingerprint density at radius 1 is 1.41 bits per heavy atom. The molecule has 0 radical (unpaired) electrons. The van der Waals surface area contributed by atoms with Crippen LogP contribution in [0.4, 0.5) is 10.2 Å². The van der Waals surface area contributed by atoms with Gasteiger partial charge in [-0.15, -0.1) is 0 Å². The highest BCUT2D eigenvalue weighted by Crippen LogP contribution is 2.36. The number of anilines is 1. The minimum atomic E-state index is -0.301. The number of aromatic amines is 1. The van der Waals surface area contributed by atoms with E-state index in [0.717, 1.165) is 16.8 Å². The molecular weight excluding hydrogens is 285 g/mol. The molecule has 0 unspecified atom stereocenters. The number of H-pyrrole nitrogens is 1. The number of rotatable bonds is 2. The molecule has 0 fully saturated rings. The topological polar surface area (TPSA) is 54.7 Å². The van der Waals surface area contributed by atoms with Gasteiger partial charge in [-0.3, -0.25) is 5.10 Å². The molecule has 1 heterocycles. The summed E-state index contributed by atoms with van der Waals surface area (Å²) in [5.41, 5.74) is 8.23. The van der Waals surface area contributed by atoms with Crippen molar-refractivity contribution < 1.29 is 4.39 Å². The van der Waals surface area contributed by atoms with E-state index in [1.165, 1.54) is 6.07 Å². The van der Waals surface area contributed by atoms with Gasteiger partial charge in [0.1, 0.15) is 11.6 Å². The molecule has 2 aromatic rings. The number of nitrogens with two attached hydrogens (primary N) is 1. The first-order valence-electron chi connectivity index (χ1n) is 5.30. The second kappa shape index (κ2) is 4.49. The van der Waals surface area contributed by atoms with Crippen molar-refractivity contribution in [3.63, 3.8) is 0 Å². The third-order valence-electron chi connectivity index (χ3n) is 2.63. The predicted octanol–water partition coefficient (Wildman–Crippen LogP) is 3.68. The molecule has 1 aromatic carbocycles. The number of hydrogen-bond acceptors (Lipinski definition) is 2. The second-order valence-electron chi connectivity index (χ2n) is 4.15. The molecule has 0 aliphatic carbocycles. The minimum absolute atomic E-state index is 0.221. The Balaban J connectivity index is 2.65. The second-order valence-corrected chi connectivity index (χ2v) is 4.95. The van der Waals surface area contributed by atoms with Gasteiger partial charge in [-0.2, -0.15) is 5.10 Å². The lowest BCUT2D eigenvalue weighted by Gasteiger charge is -2.09. The van der Waals surface area contributed by atoms with Gasteiger partial charge in [-0.25, -0.2) is 4.39 Å². The maximum atomic E-state index is 13.5. The monoisotopic (exact) mass is 297 g/mol. The van der Waals surface area contributed by atoms with Crippen LogP contribution >= 0.6 is 15.9 Å². The van der Waals surface area contributed by atoms with Gasteiger partial charge < -0.3 is 5.73 Å². The molecule has 0 amide bonds. The summed E-state index contributed by atoms with van der Waals surface area (Å²) in [6.07, 6.45) is 0. The van der Waals surface area contributed by atoms with Crippen LogP contribution in [0.2, 0.25) is 0 Å². The van der Waals surface area contributed by atoms with E-state index in [2.05, 4.69) is 26.1 Å². The van der Waals surface area contributed by atoms with Crippen LogP contribution in [-0.2, 0) is 0 Å². The normalized spacial score (nSPS) is 11.1. The highest BCUT2D eigenvalue weighted by molar-refractivity contribution is 9.10. The Hall–Kier alpha value is -1.36. The van der Waals surface area contributed by atoms with Crippen molar-refractivity contribution >= 4 is 21.7 Å². The maximum absolute atomic E-state index is 13.5. The molecular formula is C12H13BrFN3. The van der Waals surface area contributed by atoms with Crippen LogP contribution in [0.1, 0.15) is 25.3 Å². The largest absolute Gasteiger partial charge is 0.382 e. The summed E-state index contributed by atoms with van der Waals surface area (Å²) in [5.74, 6) is 0.385. The molecule has 0 bridgehead atoms. The summed E-state index contributed by atoms with van der Waals surface area (Å²) in [7, 11) is 0. The number of nitrogen functional groups attached to an aromatic ring is 1. The molecule has 3 N–H and O–H groups in total. The molecule has 2 rings (SSSR count). The summed E-state index contributed by atoms with van der Waals surface area (Å²) in [6, 6.07) is 4.89. The number of hydrogen-bond donors (Lipinski definition) is 2. The fourth-order valence-electron chi connectivity index (χ4n) is 1.85. The zero-order valence-electron chi connectivity index (χ0n) is 9.59. The van der Waals surface area contributed by atoms with E-state index in [-0.39, 0.29) is 11.7 Å². The average molecular weight is 298 g/mol. The summed E-state index contributed by atoms with van der Waals surface area (Å²) >= 11 is 3.25. The van der Waals surface area contributed by atoms with Gasteiger partial charge in [-0.1, -0.05) is 26.0 Å². The Bertz CT molecular complexity index is 549. The smallest absolute Gasteiger partial charge is 0.149 e. The SMILES string of the molecule is CC(C)c1c(N)n[nH]c1-c1cccc(F)c1Br. The molecule has 3 nitrogen and oxygen atoms in total. The molecule has 5 heteroatoms. The van der Waals surface area contributed by atoms with E-state index in [4.69, 9.17) is 5.73 Å². The molecule has 0 aliphatic rings. The quantitative estimate of drug-likeness (QED) is 0.888. The molecule has 0 saturated carbocycles. The Kier molecular flexibility index (Phi) is 3.19. The van der Waals surface area contributed by atoms with Crippen LogP contribution in [0.25, 0.3) is 11.3 Å². The van der Waals surface area contributed by atoms with E-state index >= 15 is 0 Å². The molecule has 0 spiro atoms. The summed E-state index contributed by atoms with van der Waals surface area (Å²) in [4.78, 5) is 0. The van der Waals surface area contributed by atoms with Gasteiger partial charge in [0.25, 0.3) is 0 Å². The fourth-order valence-corrected chi connectivity index (χ4v) is 2.31. The van der Waals surface area contributed by atoms with Gasteiger partial charge in [0.15, 0.2) is 0 Å². The van der Waals surface area contributed by atoms with E-state index in [1.54, 1.807) is 6.07 Å². The highest BCUT2D eigenvalue weighted by atomic mass is 79.9. The number of nitrogens with zero attached hydrogens (tertiary/aromatic N) is 1. The Morgan fingerprint density at radius 2 is 2.12 bits per heavy atom. The van der Waals surface area contributed by atoms with E-state index in [0.29, 0.717) is 10.3 Å². The lowest BCUT2D eigenvalue weighted by atomic mass is 9.99. The summed E-state index contributed by atoms with van der Waals surface area (Å²) in [6.45, 7) is 4.05. The molecule has 0 aliphatic heterocycles. The minimum Gasteiger partial charge on any atom is -0.382 e. The standard InChI is InChI=1S/C12H13BrFN3/c1-6(2)9-11(16-17-12(9)15)7-4-3-5-8(14)10(7)13/h3-6H,1-2H3,(H3,15,16,17).